The molecule has 1 aliphatic rings. The number of hydrogen-bond acceptors (Lipinski definition) is 2. The van der Waals surface area contributed by atoms with Crippen LogP contribution in [0.25, 0.3) is 0 Å². The van der Waals surface area contributed by atoms with Gasteiger partial charge in [0, 0.05) is 5.02 Å². The Labute approximate surface area is 118 Å². The van der Waals surface area contributed by atoms with Crippen molar-refractivity contribution in [3.8, 4) is 5.75 Å². The molecule has 0 saturated carbocycles. The van der Waals surface area contributed by atoms with Gasteiger partial charge in [-0.3, -0.25) is 0 Å². The predicted octanol–water partition coefficient (Wildman–Crippen LogP) is 3.98. The minimum atomic E-state index is 0.106. The SMILES string of the molecule is NCCc1cc(Cl)cc(Cl)c1OC1C=CCCC1. The Morgan fingerprint density at radius 1 is 1.33 bits per heavy atom. The van der Waals surface area contributed by atoms with E-state index in [9.17, 15) is 0 Å². The molecule has 1 unspecified atom stereocenters. The second-order valence-electron chi connectivity index (χ2n) is 4.43. The van der Waals surface area contributed by atoms with Crippen LogP contribution in [0.15, 0.2) is 24.3 Å². The van der Waals surface area contributed by atoms with Crippen LogP contribution in [0.2, 0.25) is 10.0 Å². The molecule has 1 aliphatic carbocycles. The lowest BCUT2D eigenvalue weighted by molar-refractivity contribution is 0.228. The van der Waals surface area contributed by atoms with Crippen molar-refractivity contribution in [2.45, 2.75) is 31.8 Å². The summed E-state index contributed by atoms with van der Waals surface area (Å²) in [5.41, 5.74) is 6.59. The van der Waals surface area contributed by atoms with Crippen LogP contribution in [-0.4, -0.2) is 12.6 Å². The van der Waals surface area contributed by atoms with E-state index in [1.165, 1.54) is 0 Å². The van der Waals surface area contributed by atoms with Crippen LogP contribution in [0.1, 0.15) is 24.8 Å². The van der Waals surface area contributed by atoms with Gasteiger partial charge in [0.2, 0.25) is 0 Å². The van der Waals surface area contributed by atoms with Gasteiger partial charge in [-0.2, -0.15) is 0 Å². The number of hydrogen-bond donors (Lipinski definition) is 1. The zero-order valence-electron chi connectivity index (χ0n) is 10.2. The molecule has 0 saturated heterocycles. The fraction of sp³-hybridized carbons (Fsp3) is 0.429. The Balaban J connectivity index is 2.24. The van der Waals surface area contributed by atoms with Crippen molar-refractivity contribution in [1.29, 1.82) is 0 Å². The normalized spacial score (nSPS) is 18.9. The fourth-order valence-corrected chi connectivity index (χ4v) is 2.70. The van der Waals surface area contributed by atoms with Gasteiger partial charge in [-0.1, -0.05) is 29.3 Å². The number of halogens is 2. The second kappa shape index (κ2) is 6.46. The molecule has 0 aliphatic heterocycles. The summed E-state index contributed by atoms with van der Waals surface area (Å²) >= 11 is 12.2. The summed E-state index contributed by atoms with van der Waals surface area (Å²) in [5.74, 6) is 0.725. The van der Waals surface area contributed by atoms with Gasteiger partial charge in [0.1, 0.15) is 11.9 Å². The van der Waals surface area contributed by atoms with E-state index in [1.807, 2.05) is 6.07 Å². The first-order valence-electron chi connectivity index (χ1n) is 6.22. The summed E-state index contributed by atoms with van der Waals surface area (Å²) in [5, 5.41) is 1.18. The molecule has 1 aromatic rings. The molecule has 1 aromatic carbocycles. The van der Waals surface area contributed by atoms with E-state index < -0.39 is 0 Å². The van der Waals surface area contributed by atoms with Crippen molar-refractivity contribution >= 4 is 23.2 Å². The average molecular weight is 286 g/mol. The highest BCUT2D eigenvalue weighted by atomic mass is 35.5. The molecular formula is C14H17Cl2NO. The molecule has 1 atom stereocenters. The first-order valence-corrected chi connectivity index (χ1v) is 6.97. The van der Waals surface area contributed by atoms with Crippen LogP contribution < -0.4 is 10.5 Å². The van der Waals surface area contributed by atoms with Gasteiger partial charge < -0.3 is 10.5 Å². The van der Waals surface area contributed by atoms with Crippen molar-refractivity contribution in [2.75, 3.05) is 6.54 Å². The Hall–Kier alpha value is -0.700. The molecule has 2 nitrogen and oxygen atoms in total. The third-order valence-electron chi connectivity index (χ3n) is 2.98. The zero-order valence-corrected chi connectivity index (χ0v) is 11.7. The lowest BCUT2D eigenvalue weighted by Gasteiger charge is -2.21. The third-order valence-corrected chi connectivity index (χ3v) is 3.48. The molecule has 98 valence electrons. The molecule has 18 heavy (non-hydrogen) atoms. The van der Waals surface area contributed by atoms with E-state index >= 15 is 0 Å². The lowest BCUT2D eigenvalue weighted by atomic mass is 10.0. The van der Waals surface area contributed by atoms with Crippen LogP contribution in [0.4, 0.5) is 0 Å². The molecule has 2 N–H and O–H groups in total. The van der Waals surface area contributed by atoms with Crippen molar-refractivity contribution in [1.82, 2.24) is 0 Å². The largest absolute Gasteiger partial charge is 0.485 e. The highest BCUT2D eigenvalue weighted by molar-refractivity contribution is 6.35. The molecule has 0 radical (unpaired) electrons. The first kappa shape index (κ1) is 13.7. The number of benzene rings is 1. The van der Waals surface area contributed by atoms with E-state index in [4.69, 9.17) is 33.7 Å². The monoisotopic (exact) mass is 285 g/mol. The quantitative estimate of drug-likeness (QED) is 0.850. The molecule has 0 heterocycles. The van der Waals surface area contributed by atoms with Gasteiger partial charge >= 0.3 is 0 Å². The smallest absolute Gasteiger partial charge is 0.142 e. The standard InChI is InChI=1S/C14H17Cl2NO/c15-11-8-10(6-7-17)14(13(16)9-11)18-12-4-2-1-3-5-12/h2,4,8-9,12H,1,3,5-7,17H2. The van der Waals surface area contributed by atoms with E-state index in [1.54, 1.807) is 6.07 Å². The van der Waals surface area contributed by atoms with E-state index in [2.05, 4.69) is 12.2 Å². The van der Waals surface area contributed by atoms with Crippen molar-refractivity contribution in [3.63, 3.8) is 0 Å². The third kappa shape index (κ3) is 3.41. The second-order valence-corrected chi connectivity index (χ2v) is 5.27. The van der Waals surface area contributed by atoms with Crippen LogP contribution in [-0.2, 0) is 6.42 Å². The maximum absolute atomic E-state index is 6.22. The minimum absolute atomic E-state index is 0.106. The van der Waals surface area contributed by atoms with Crippen LogP contribution in [0.5, 0.6) is 5.75 Å². The van der Waals surface area contributed by atoms with Gasteiger partial charge in [0.05, 0.1) is 5.02 Å². The summed E-state index contributed by atoms with van der Waals surface area (Å²) in [7, 11) is 0. The van der Waals surface area contributed by atoms with Crippen LogP contribution in [0, 0.1) is 0 Å². The number of allylic oxidation sites excluding steroid dienone is 1. The minimum Gasteiger partial charge on any atom is -0.485 e. The predicted molar refractivity (Wildman–Crippen MR) is 76.6 cm³/mol. The highest BCUT2D eigenvalue weighted by Gasteiger charge is 2.16. The summed E-state index contributed by atoms with van der Waals surface area (Å²) in [6, 6.07) is 3.59. The number of nitrogens with two attached hydrogens (primary N) is 1. The molecule has 0 aromatic heterocycles. The van der Waals surface area contributed by atoms with Gasteiger partial charge in [0.15, 0.2) is 0 Å². The molecule has 4 heteroatoms. The van der Waals surface area contributed by atoms with Crippen molar-refractivity contribution in [2.24, 2.45) is 5.73 Å². The lowest BCUT2D eigenvalue weighted by Crippen LogP contribution is -2.17. The molecule has 2 rings (SSSR count). The summed E-state index contributed by atoms with van der Waals surface area (Å²) in [6.45, 7) is 0.549. The maximum atomic E-state index is 6.22. The summed E-state index contributed by atoms with van der Waals surface area (Å²) in [4.78, 5) is 0. The molecule has 0 fully saturated rings. The Bertz CT molecular complexity index is 446. The average Bonchev–Trinajstić information content (AvgIpc) is 2.35. The van der Waals surface area contributed by atoms with Gasteiger partial charge in [-0.05, 0) is 56.0 Å². The number of rotatable bonds is 4. The Morgan fingerprint density at radius 3 is 2.83 bits per heavy atom. The van der Waals surface area contributed by atoms with E-state index in [0.29, 0.717) is 23.0 Å². The Morgan fingerprint density at radius 2 is 2.17 bits per heavy atom. The topological polar surface area (TPSA) is 35.2 Å². The van der Waals surface area contributed by atoms with Gasteiger partial charge in [-0.15, -0.1) is 0 Å². The van der Waals surface area contributed by atoms with Crippen LogP contribution in [0.3, 0.4) is 0 Å². The molecule has 0 spiro atoms. The summed E-state index contributed by atoms with van der Waals surface area (Å²) in [6.07, 6.45) is 8.38. The highest BCUT2D eigenvalue weighted by Crippen LogP contribution is 2.34. The summed E-state index contributed by atoms with van der Waals surface area (Å²) < 4.78 is 5.99. The van der Waals surface area contributed by atoms with Crippen LogP contribution >= 0.6 is 23.2 Å². The van der Waals surface area contributed by atoms with Crippen molar-refractivity contribution < 1.29 is 4.74 Å². The molecular weight excluding hydrogens is 269 g/mol. The van der Waals surface area contributed by atoms with Gasteiger partial charge in [-0.25, -0.2) is 0 Å². The van der Waals surface area contributed by atoms with Gasteiger partial charge in [0.25, 0.3) is 0 Å². The van der Waals surface area contributed by atoms with E-state index in [-0.39, 0.29) is 6.10 Å². The maximum Gasteiger partial charge on any atom is 0.142 e. The number of ether oxygens (including phenoxy) is 1. The van der Waals surface area contributed by atoms with E-state index in [0.717, 1.165) is 30.6 Å². The Kier molecular flexibility index (Phi) is 4.93. The molecule has 0 bridgehead atoms. The zero-order chi connectivity index (χ0) is 13.0. The first-order chi connectivity index (χ1) is 8.70. The molecule has 0 amide bonds. The van der Waals surface area contributed by atoms with Crippen molar-refractivity contribution in [3.05, 3.63) is 39.9 Å². The fourth-order valence-electron chi connectivity index (χ4n) is 2.12.